The zero-order valence-corrected chi connectivity index (χ0v) is 10.8. The maximum absolute atomic E-state index is 11.4. The second kappa shape index (κ2) is 6.45. The standard InChI is InChI=1S/C12H22N2O.ClH/c1-13-8-12(15)14-11-6-5-9-3-2-4-10(9)7-11;/h9-11,13H,2-8H2,1H3,(H,14,15);1H. The van der Waals surface area contributed by atoms with Crippen LogP contribution >= 0.6 is 12.4 Å². The van der Waals surface area contributed by atoms with Crippen LogP contribution in [0.5, 0.6) is 0 Å². The molecule has 0 spiro atoms. The van der Waals surface area contributed by atoms with Gasteiger partial charge in [0.2, 0.25) is 5.91 Å². The number of hydrogen-bond acceptors (Lipinski definition) is 2. The Kier molecular flexibility index (Phi) is 5.56. The van der Waals surface area contributed by atoms with Crippen LogP contribution < -0.4 is 10.6 Å². The van der Waals surface area contributed by atoms with Crippen molar-refractivity contribution < 1.29 is 4.79 Å². The van der Waals surface area contributed by atoms with Gasteiger partial charge in [0.05, 0.1) is 6.54 Å². The number of carbonyl (C=O) groups excluding carboxylic acids is 1. The summed E-state index contributed by atoms with van der Waals surface area (Å²) in [6.07, 6.45) is 7.98. The molecule has 2 saturated carbocycles. The van der Waals surface area contributed by atoms with Crippen LogP contribution in [-0.4, -0.2) is 25.5 Å². The minimum Gasteiger partial charge on any atom is -0.352 e. The van der Waals surface area contributed by atoms with E-state index in [0.717, 1.165) is 11.8 Å². The molecule has 4 heteroatoms. The lowest BCUT2D eigenvalue weighted by Gasteiger charge is -2.32. The smallest absolute Gasteiger partial charge is 0.234 e. The van der Waals surface area contributed by atoms with Crippen molar-refractivity contribution in [3.63, 3.8) is 0 Å². The molecule has 0 bridgehead atoms. The first-order valence-corrected chi connectivity index (χ1v) is 6.23. The van der Waals surface area contributed by atoms with E-state index in [0.29, 0.717) is 12.6 Å². The molecule has 0 saturated heterocycles. The van der Waals surface area contributed by atoms with Gasteiger partial charge in [-0.05, 0) is 38.1 Å². The van der Waals surface area contributed by atoms with Gasteiger partial charge in [0.1, 0.15) is 0 Å². The predicted molar refractivity (Wildman–Crippen MR) is 67.8 cm³/mol. The van der Waals surface area contributed by atoms with Crippen molar-refractivity contribution in [1.29, 1.82) is 0 Å². The van der Waals surface area contributed by atoms with Crippen LogP contribution in [0.1, 0.15) is 38.5 Å². The van der Waals surface area contributed by atoms with Crippen molar-refractivity contribution in [2.75, 3.05) is 13.6 Å². The molecule has 16 heavy (non-hydrogen) atoms. The largest absolute Gasteiger partial charge is 0.352 e. The highest BCUT2D eigenvalue weighted by molar-refractivity contribution is 5.85. The first kappa shape index (κ1) is 13.8. The van der Waals surface area contributed by atoms with Gasteiger partial charge in [-0.3, -0.25) is 4.79 Å². The number of rotatable bonds is 3. The lowest BCUT2D eigenvalue weighted by molar-refractivity contribution is -0.121. The molecule has 2 aliphatic rings. The second-order valence-electron chi connectivity index (χ2n) is 5.06. The Morgan fingerprint density at radius 1 is 1.19 bits per heavy atom. The summed E-state index contributed by atoms with van der Waals surface area (Å²) in [4.78, 5) is 11.4. The van der Waals surface area contributed by atoms with Gasteiger partial charge in [-0.2, -0.15) is 0 Å². The number of nitrogens with one attached hydrogen (secondary N) is 2. The van der Waals surface area contributed by atoms with Crippen LogP contribution in [0.2, 0.25) is 0 Å². The normalized spacial score (nSPS) is 32.7. The fourth-order valence-electron chi connectivity index (χ4n) is 3.27. The maximum atomic E-state index is 11.4. The van der Waals surface area contributed by atoms with Gasteiger partial charge < -0.3 is 10.6 Å². The Morgan fingerprint density at radius 3 is 2.69 bits per heavy atom. The second-order valence-corrected chi connectivity index (χ2v) is 5.06. The fraction of sp³-hybridized carbons (Fsp3) is 0.917. The summed E-state index contributed by atoms with van der Waals surface area (Å²) >= 11 is 0. The average molecular weight is 247 g/mol. The van der Waals surface area contributed by atoms with Gasteiger partial charge in [0.15, 0.2) is 0 Å². The summed E-state index contributed by atoms with van der Waals surface area (Å²) in [6, 6.07) is 0.449. The van der Waals surface area contributed by atoms with Gasteiger partial charge in [0, 0.05) is 6.04 Å². The van der Waals surface area contributed by atoms with E-state index in [2.05, 4.69) is 10.6 Å². The molecule has 3 unspecified atom stereocenters. The Morgan fingerprint density at radius 2 is 1.94 bits per heavy atom. The van der Waals surface area contributed by atoms with Crippen molar-refractivity contribution >= 4 is 18.3 Å². The van der Waals surface area contributed by atoms with E-state index in [1.807, 2.05) is 7.05 Å². The lowest BCUT2D eigenvalue weighted by atomic mass is 9.79. The van der Waals surface area contributed by atoms with E-state index in [1.165, 1.54) is 38.5 Å². The molecule has 2 rings (SSSR count). The van der Waals surface area contributed by atoms with Crippen molar-refractivity contribution in [3.05, 3.63) is 0 Å². The summed E-state index contributed by atoms with van der Waals surface area (Å²) < 4.78 is 0. The van der Waals surface area contributed by atoms with E-state index in [4.69, 9.17) is 0 Å². The summed E-state index contributed by atoms with van der Waals surface area (Å²) in [5.74, 6) is 2.03. The first-order valence-electron chi connectivity index (χ1n) is 6.23. The molecule has 0 aliphatic heterocycles. The van der Waals surface area contributed by atoms with Gasteiger partial charge in [0.25, 0.3) is 0 Å². The third kappa shape index (κ3) is 3.36. The van der Waals surface area contributed by atoms with Crippen LogP contribution in [-0.2, 0) is 4.79 Å². The zero-order chi connectivity index (χ0) is 10.7. The highest BCUT2D eigenvalue weighted by atomic mass is 35.5. The predicted octanol–water partition coefficient (Wildman–Crippen LogP) is 1.71. The number of hydrogen-bond donors (Lipinski definition) is 2. The number of carbonyl (C=O) groups is 1. The van der Waals surface area contributed by atoms with Crippen molar-refractivity contribution in [2.24, 2.45) is 11.8 Å². The summed E-state index contributed by atoms with van der Waals surface area (Å²) in [7, 11) is 1.81. The van der Waals surface area contributed by atoms with Gasteiger partial charge >= 0.3 is 0 Å². The van der Waals surface area contributed by atoms with E-state index >= 15 is 0 Å². The molecule has 1 amide bonds. The Bertz CT molecular complexity index is 235. The van der Waals surface area contributed by atoms with Crippen molar-refractivity contribution in [1.82, 2.24) is 10.6 Å². The Balaban J connectivity index is 0.00000128. The summed E-state index contributed by atoms with van der Waals surface area (Å²) in [5.41, 5.74) is 0. The molecule has 2 aliphatic carbocycles. The third-order valence-electron chi connectivity index (χ3n) is 3.99. The highest BCUT2D eigenvalue weighted by Gasteiger charge is 2.33. The number of amides is 1. The SMILES string of the molecule is CNCC(=O)NC1CCC2CCCC2C1.Cl. The van der Waals surface area contributed by atoms with Crippen molar-refractivity contribution in [3.8, 4) is 0 Å². The average Bonchev–Trinajstić information content (AvgIpc) is 2.65. The molecule has 3 nitrogen and oxygen atoms in total. The fourth-order valence-corrected chi connectivity index (χ4v) is 3.27. The monoisotopic (exact) mass is 246 g/mol. The molecular weight excluding hydrogens is 224 g/mol. The summed E-state index contributed by atoms with van der Waals surface area (Å²) in [6.45, 7) is 0.449. The Hall–Kier alpha value is -0.280. The molecule has 0 heterocycles. The molecule has 3 atom stereocenters. The number of halogens is 1. The number of fused-ring (bicyclic) bond motifs is 1. The molecule has 0 aromatic carbocycles. The first-order chi connectivity index (χ1) is 7.29. The van der Waals surface area contributed by atoms with E-state index < -0.39 is 0 Å². The molecule has 2 N–H and O–H groups in total. The molecule has 0 radical (unpaired) electrons. The van der Waals surface area contributed by atoms with Crippen LogP contribution in [0.25, 0.3) is 0 Å². The van der Waals surface area contributed by atoms with Crippen molar-refractivity contribution in [2.45, 2.75) is 44.6 Å². The molecule has 0 aromatic heterocycles. The molecule has 0 aromatic rings. The third-order valence-corrected chi connectivity index (χ3v) is 3.99. The van der Waals surface area contributed by atoms with Crippen LogP contribution in [0.3, 0.4) is 0 Å². The van der Waals surface area contributed by atoms with Crippen LogP contribution in [0.15, 0.2) is 0 Å². The maximum Gasteiger partial charge on any atom is 0.234 e. The highest BCUT2D eigenvalue weighted by Crippen LogP contribution is 2.41. The quantitative estimate of drug-likeness (QED) is 0.796. The van der Waals surface area contributed by atoms with Gasteiger partial charge in [-0.25, -0.2) is 0 Å². The van der Waals surface area contributed by atoms with E-state index in [-0.39, 0.29) is 18.3 Å². The Labute approximate surface area is 104 Å². The molecule has 94 valence electrons. The van der Waals surface area contributed by atoms with Crippen LogP contribution in [0.4, 0.5) is 0 Å². The van der Waals surface area contributed by atoms with Crippen LogP contribution in [0, 0.1) is 11.8 Å². The zero-order valence-electron chi connectivity index (χ0n) is 10.00. The summed E-state index contributed by atoms with van der Waals surface area (Å²) in [5, 5.41) is 6.02. The van der Waals surface area contributed by atoms with E-state index in [1.54, 1.807) is 0 Å². The minimum absolute atomic E-state index is 0. The minimum atomic E-state index is 0. The number of likely N-dealkylation sites (N-methyl/N-ethyl adjacent to an activating group) is 1. The lowest BCUT2D eigenvalue weighted by Crippen LogP contribution is -2.43. The van der Waals surface area contributed by atoms with E-state index in [9.17, 15) is 4.79 Å². The molecular formula is C12H23ClN2O. The molecule has 2 fully saturated rings. The van der Waals surface area contributed by atoms with Gasteiger partial charge in [-0.1, -0.05) is 19.3 Å². The van der Waals surface area contributed by atoms with Gasteiger partial charge in [-0.15, -0.1) is 12.4 Å². The topological polar surface area (TPSA) is 41.1 Å².